The lowest BCUT2D eigenvalue weighted by atomic mass is 9.95. The van der Waals surface area contributed by atoms with E-state index in [-0.39, 0.29) is 11.7 Å². The monoisotopic (exact) mass is 401 g/mol. The molecule has 1 aliphatic rings. The van der Waals surface area contributed by atoms with Crippen LogP contribution in [-0.4, -0.2) is 43.6 Å². The van der Waals surface area contributed by atoms with Crippen LogP contribution in [-0.2, 0) is 0 Å². The van der Waals surface area contributed by atoms with Gasteiger partial charge in [-0.15, -0.1) is 10.2 Å². The molecule has 0 aliphatic carbocycles. The Bertz CT molecular complexity index is 1200. The van der Waals surface area contributed by atoms with Gasteiger partial charge in [-0.1, -0.05) is 30.3 Å². The third-order valence-electron chi connectivity index (χ3n) is 5.78. The van der Waals surface area contributed by atoms with Gasteiger partial charge in [0.2, 0.25) is 0 Å². The molecule has 2 aromatic heterocycles. The lowest BCUT2D eigenvalue weighted by Crippen LogP contribution is -2.39. The maximum Gasteiger partial charge on any atom is 0.254 e. The molecule has 6 nitrogen and oxygen atoms in total. The summed E-state index contributed by atoms with van der Waals surface area (Å²) >= 11 is 0. The third-order valence-corrected chi connectivity index (χ3v) is 5.78. The second kappa shape index (κ2) is 7.67. The van der Waals surface area contributed by atoms with E-state index in [9.17, 15) is 9.18 Å². The Morgan fingerprint density at radius 2 is 1.70 bits per heavy atom. The second-order valence-electron chi connectivity index (χ2n) is 7.53. The van der Waals surface area contributed by atoms with Crippen molar-refractivity contribution in [1.82, 2.24) is 24.6 Å². The molecule has 150 valence electrons. The molecule has 1 aliphatic heterocycles. The van der Waals surface area contributed by atoms with Gasteiger partial charge in [-0.25, -0.2) is 4.39 Å². The molecule has 7 heteroatoms. The number of carbonyl (C=O) groups is 1. The molecule has 4 aromatic rings. The number of fused-ring (bicyclic) bond motifs is 1. The average molecular weight is 401 g/mol. The zero-order chi connectivity index (χ0) is 20.5. The Labute approximate surface area is 173 Å². The van der Waals surface area contributed by atoms with Crippen molar-refractivity contribution in [3.63, 3.8) is 0 Å². The molecule has 0 unspecified atom stereocenters. The van der Waals surface area contributed by atoms with E-state index >= 15 is 0 Å². The number of rotatable bonds is 3. The molecule has 0 atom stereocenters. The van der Waals surface area contributed by atoms with Crippen LogP contribution in [0, 0.1) is 5.82 Å². The van der Waals surface area contributed by atoms with Crippen molar-refractivity contribution in [3.8, 4) is 11.1 Å². The normalized spacial score (nSPS) is 14.9. The fourth-order valence-corrected chi connectivity index (χ4v) is 4.24. The number of pyridine rings is 1. The van der Waals surface area contributed by atoms with Crippen molar-refractivity contribution in [2.75, 3.05) is 13.1 Å². The smallest absolute Gasteiger partial charge is 0.254 e. The lowest BCUT2D eigenvalue weighted by molar-refractivity contribution is 0.0696. The third kappa shape index (κ3) is 3.32. The van der Waals surface area contributed by atoms with Gasteiger partial charge >= 0.3 is 0 Å². The first-order valence-electron chi connectivity index (χ1n) is 9.97. The molecule has 1 fully saturated rings. The van der Waals surface area contributed by atoms with Gasteiger partial charge in [0, 0.05) is 36.5 Å². The highest BCUT2D eigenvalue weighted by atomic mass is 19.1. The van der Waals surface area contributed by atoms with E-state index in [4.69, 9.17) is 0 Å². The van der Waals surface area contributed by atoms with E-state index in [1.807, 2.05) is 45.9 Å². The van der Waals surface area contributed by atoms with Gasteiger partial charge in [0.05, 0.1) is 6.20 Å². The van der Waals surface area contributed by atoms with Crippen molar-refractivity contribution in [2.24, 2.45) is 0 Å². The molecule has 2 aromatic carbocycles. The van der Waals surface area contributed by atoms with E-state index in [0.29, 0.717) is 30.3 Å². The first kappa shape index (κ1) is 18.4. The molecule has 0 spiro atoms. The molecular formula is C23H20FN5O. The Morgan fingerprint density at radius 3 is 2.47 bits per heavy atom. The number of benzene rings is 2. The van der Waals surface area contributed by atoms with Gasteiger partial charge in [0.25, 0.3) is 5.91 Å². The molecule has 30 heavy (non-hydrogen) atoms. The number of carbonyl (C=O) groups excluding carboxylic acids is 1. The summed E-state index contributed by atoms with van der Waals surface area (Å²) in [6, 6.07) is 13.3. The Kier molecular flexibility index (Phi) is 4.71. The zero-order valence-corrected chi connectivity index (χ0v) is 16.3. The number of hydrogen-bond acceptors (Lipinski definition) is 4. The molecule has 0 radical (unpaired) electrons. The molecule has 5 rings (SSSR count). The van der Waals surface area contributed by atoms with Crippen LogP contribution < -0.4 is 0 Å². The predicted molar refractivity (Wildman–Crippen MR) is 111 cm³/mol. The minimum atomic E-state index is -0.382. The molecule has 0 N–H and O–H groups in total. The minimum Gasteiger partial charge on any atom is -0.338 e. The summed E-state index contributed by atoms with van der Waals surface area (Å²) in [5, 5.41) is 9.53. The van der Waals surface area contributed by atoms with Crippen LogP contribution in [0.25, 0.3) is 21.9 Å². The Balaban J connectivity index is 1.45. The largest absolute Gasteiger partial charge is 0.338 e. The highest BCUT2D eigenvalue weighted by Gasteiger charge is 2.25. The maximum absolute atomic E-state index is 13.7. The van der Waals surface area contributed by atoms with Crippen molar-refractivity contribution < 1.29 is 9.18 Å². The summed E-state index contributed by atoms with van der Waals surface area (Å²) < 4.78 is 15.7. The first-order chi connectivity index (χ1) is 14.7. The molecule has 1 amide bonds. The SMILES string of the molecule is O=C(c1cccc2c(-c3cncc(F)c3)cccc12)N1CCC(n2cnnc2)CC1. The van der Waals surface area contributed by atoms with Gasteiger partial charge in [-0.2, -0.15) is 0 Å². The quantitative estimate of drug-likeness (QED) is 0.518. The summed E-state index contributed by atoms with van der Waals surface area (Å²) in [7, 11) is 0. The van der Waals surface area contributed by atoms with E-state index < -0.39 is 0 Å². The van der Waals surface area contributed by atoms with Crippen LogP contribution in [0.2, 0.25) is 0 Å². The summed E-state index contributed by atoms with van der Waals surface area (Å²) in [6.45, 7) is 1.37. The summed E-state index contributed by atoms with van der Waals surface area (Å²) in [6.07, 6.45) is 8.03. The maximum atomic E-state index is 13.7. The van der Waals surface area contributed by atoms with Gasteiger partial charge in [0.15, 0.2) is 0 Å². The fourth-order valence-electron chi connectivity index (χ4n) is 4.24. The number of halogens is 1. The van der Waals surface area contributed by atoms with Gasteiger partial charge in [-0.05, 0) is 41.3 Å². The number of likely N-dealkylation sites (tertiary alicyclic amines) is 1. The minimum absolute atomic E-state index is 0.0253. The Morgan fingerprint density at radius 1 is 0.967 bits per heavy atom. The van der Waals surface area contributed by atoms with E-state index in [1.54, 1.807) is 18.9 Å². The number of aromatic nitrogens is 4. The van der Waals surface area contributed by atoms with Crippen LogP contribution in [0.4, 0.5) is 4.39 Å². The molecule has 1 saturated heterocycles. The summed E-state index contributed by atoms with van der Waals surface area (Å²) in [5.41, 5.74) is 2.22. The number of piperidine rings is 1. The highest BCUT2D eigenvalue weighted by Crippen LogP contribution is 2.31. The van der Waals surface area contributed by atoms with Gasteiger partial charge < -0.3 is 9.47 Å². The average Bonchev–Trinajstić information content (AvgIpc) is 3.33. The number of nitrogens with zero attached hydrogens (tertiary/aromatic N) is 5. The van der Waals surface area contributed by atoms with Crippen molar-refractivity contribution in [1.29, 1.82) is 0 Å². The predicted octanol–water partition coefficient (Wildman–Crippen LogP) is 4.11. The van der Waals surface area contributed by atoms with E-state index in [2.05, 4.69) is 15.2 Å². The first-order valence-corrected chi connectivity index (χ1v) is 9.97. The van der Waals surface area contributed by atoms with Gasteiger partial charge in [-0.3, -0.25) is 9.78 Å². The zero-order valence-electron chi connectivity index (χ0n) is 16.3. The van der Waals surface area contributed by atoms with Gasteiger partial charge in [0.1, 0.15) is 18.5 Å². The summed E-state index contributed by atoms with van der Waals surface area (Å²) in [4.78, 5) is 19.2. The number of hydrogen-bond donors (Lipinski definition) is 0. The highest BCUT2D eigenvalue weighted by molar-refractivity contribution is 6.10. The molecule has 0 saturated carbocycles. The van der Waals surface area contributed by atoms with E-state index in [1.165, 1.54) is 12.3 Å². The standard InChI is InChI=1S/C23H20FN5O/c24-17-11-16(12-25-13-17)19-3-1-5-21-20(19)4-2-6-22(21)23(30)28-9-7-18(8-10-28)29-14-26-27-15-29/h1-6,11-15,18H,7-10H2. The topological polar surface area (TPSA) is 63.9 Å². The lowest BCUT2D eigenvalue weighted by Gasteiger charge is -2.32. The second-order valence-corrected chi connectivity index (χ2v) is 7.53. The fraction of sp³-hybridized carbons (Fsp3) is 0.217. The Hall–Kier alpha value is -3.61. The molecular weight excluding hydrogens is 381 g/mol. The molecule has 0 bridgehead atoms. The van der Waals surface area contributed by atoms with Crippen molar-refractivity contribution in [3.05, 3.63) is 78.9 Å². The number of amides is 1. The van der Waals surface area contributed by atoms with Crippen molar-refractivity contribution >= 4 is 16.7 Å². The van der Waals surface area contributed by atoms with Crippen molar-refractivity contribution in [2.45, 2.75) is 18.9 Å². The van der Waals surface area contributed by atoms with Crippen LogP contribution in [0.3, 0.4) is 0 Å². The van der Waals surface area contributed by atoms with Crippen LogP contribution in [0.1, 0.15) is 29.2 Å². The van der Waals surface area contributed by atoms with Crippen LogP contribution in [0.15, 0.2) is 67.5 Å². The van der Waals surface area contributed by atoms with E-state index in [0.717, 1.165) is 29.2 Å². The van der Waals surface area contributed by atoms with Crippen LogP contribution in [0.5, 0.6) is 0 Å². The summed E-state index contributed by atoms with van der Waals surface area (Å²) in [5.74, 6) is -0.356. The van der Waals surface area contributed by atoms with Crippen LogP contribution >= 0.6 is 0 Å². The molecule has 3 heterocycles.